The zero-order valence-electron chi connectivity index (χ0n) is 11.7. The van der Waals surface area contributed by atoms with E-state index in [1.807, 2.05) is 0 Å². The molecule has 2 rings (SSSR count). The maximum absolute atomic E-state index is 12.1. The Balaban J connectivity index is 2.59. The minimum atomic E-state index is -0.675. The van der Waals surface area contributed by atoms with Crippen LogP contribution in [0.15, 0.2) is 29.5 Å². The lowest BCUT2D eigenvalue weighted by Crippen LogP contribution is -2.46. The standard InChI is InChI=1S/C14H14Cl2N2O3/c1-7-11(13(19)21-3)12(17-14(20)18(7)2)9-5-4-8(15)6-10(9)16/h4-6,12H,1-3H3,(H,17,20)/t12-/m1/s1. The third-order valence-electron chi connectivity index (χ3n) is 3.43. The molecule has 1 aliphatic heterocycles. The maximum Gasteiger partial charge on any atom is 0.337 e. The van der Waals surface area contributed by atoms with E-state index in [1.165, 1.54) is 12.0 Å². The molecule has 1 N–H and O–H groups in total. The molecule has 5 nitrogen and oxygen atoms in total. The first-order chi connectivity index (χ1) is 9.86. The lowest BCUT2D eigenvalue weighted by Gasteiger charge is -2.33. The lowest BCUT2D eigenvalue weighted by atomic mass is 9.95. The van der Waals surface area contributed by atoms with E-state index >= 15 is 0 Å². The van der Waals surface area contributed by atoms with Crippen molar-refractivity contribution in [3.8, 4) is 0 Å². The molecule has 21 heavy (non-hydrogen) atoms. The summed E-state index contributed by atoms with van der Waals surface area (Å²) in [5.41, 5.74) is 1.44. The molecule has 1 aromatic carbocycles. The van der Waals surface area contributed by atoms with E-state index in [0.717, 1.165) is 0 Å². The van der Waals surface area contributed by atoms with Crippen molar-refractivity contribution in [1.82, 2.24) is 10.2 Å². The average molecular weight is 329 g/mol. The van der Waals surface area contributed by atoms with Crippen LogP contribution in [0.1, 0.15) is 18.5 Å². The van der Waals surface area contributed by atoms with Gasteiger partial charge in [-0.25, -0.2) is 9.59 Å². The zero-order chi connectivity index (χ0) is 15.7. The fourth-order valence-corrected chi connectivity index (χ4v) is 2.70. The molecule has 0 saturated heterocycles. The molecule has 112 valence electrons. The first-order valence-corrected chi connectivity index (χ1v) is 6.90. The topological polar surface area (TPSA) is 58.6 Å². The van der Waals surface area contributed by atoms with Gasteiger partial charge in [-0.3, -0.25) is 0 Å². The van der Waals surface area contributed by atoms with Gasteiger partial charge in [0.2, 0.25) is 0 Å². The third kappa shape index (κ3) is 2.84. The van der Waals surface area contributed by atoms with Gasteiger partial charge >= 0.3 is 12.0 Å². The summed E-state index contributed by atoms with van der Waals surface area (Å²) < 4.78 is 4.82. The highest BCUT2D eigenvalue weighted by Crippen LogP contribution is 2.35. The van der Waals surface area contributed by atoms with Gasteiger partial charge in [0.1, 0.15) is 0 Å². The Labute approximate surface area is 132 Å². The smallest absolute Gasteiger partial charge is 0.337 e. The van der Waals surface area contributed by atoms with E-state index in [0.29, 0.717) is 26.9 Å². The summed E-state index contributed by atoms with van der Waals surface area (Å²) in [6, 6.07) is 3.89. The van der Waals surface area contributed by atoms with Crippen molar-refractivity contribution >= 4 is 35.2 Å². The van der Waals surface area contributed by atoms with Gasteiger partial charge in [0.05, 0.1) is 18.7 Å². The van der Waals surface area contributed by atoms with Crippen molar-refractivity contribution in [2.45, 2.75) is 13.0 Å². The normalized spacial score (nSPS) is 18.6. The maximum atomic E-state index is 12.1. The fourth-order valence-electron chi connectivity index (χ4n) is 2.18. The Bertz CT molecular complexity index is 643. The van der Waals surface area contributed by atoms with Gasteiger partial charge in [0.25, 0.3) is 0 Å². The van der Waals surface area contributed by atoms with Crippen LogP contribution in [-0.2, 0) is 9.53 Å². The number of hydrogen-bond acceptors (Lipinski definition) is 3. The number of allylic oxidation sites excluding steroid dienone is 1. The summed E-state index contributed by atoms with van der Waals surface area (Å²) in [7, 11) is 2.87. The Morgan fingerprint density at radius 1 is 1.38 bits per heavy atom. The minimum absolute atomic E-state index is 0.323. The monoisotopic (exact) mass is 328 g/mol. The van der Waals surface area contributed by atoms with Crippen LogP contribution in [0.4, 0.5) is 4.79 Å². The Morgan fingerprint density at radius 2 is 2.05 bits per heavy atom. The number of ether oxygens (including phenoxy) is 1. The van der Waals surface area contributed by atoms with Crippen LogP contribution in [0.25, 0.3) is 0 Å². The van der Waals surface area contributed by atoms with Crippen LogP contribution < -0.4 is 5.32 Å². The summed E-state index contributed by atoms with van der Waals surface area (Å²) in [6.07, 6.45) is 0. The van der Waals surface area contributed by atoms with Crippen LogP contribution >= 0.6 is 23.2 Å². The van der Waals surface area contributed by atoms with Crippen molar-refractivity contribution in [2.75, 3.05) is 14.2 Å². The molecule has 0 unspecified atom stereocenters. The van der Waals surface area contributed by atoms with Crippen molar-refractivity contribution in [1.29, 1.82) is 0 Å². The van der Waals surface area contributed by atoms with Gasteiger partial charge in [-0.05, 0) is 24.6 Å². The third-order valence-corrected chi connectivity index (χ3v) is 4.00. The van der Waals surface area contributed by atoms with Gasteiger partial charge in [0.15, 0.2) is 0 Å². The number of nitrogens with one attached hydrogen (secondary N) is 1. The van der Waals surface area contributed by atoms with Crippen molar-refractivity contribution in [3.63, 3.8) is 0 Å². The number of hydrogen-bond donors (Lipinski definition) is 1. The number of urea groups is 1. The molecule has 0 radical (unpaired) electrons. The first-order valence-electron chi connectivity index (χ1n) is 6.15. The van der Waals surface area contributed by atoms with Crippen LogP contribution in [0.5, 0.6) is 0 Å². The van der Waals surface area contributed by atoms with Crippen LogP contribution in [0.3, 0.4) is 0 Å². The summed E-state index contributed by atoms with van der Waals surface area (Å²) in [5, 5.41) is 3.58. The number of halogens is 2. The van der Waals surface area contributed by atoms with Gasteiger partial charge in [0, 0.05) is 22.8 Å². The highest BCUT2D eigenvalue weighted by Gasteiger charge is 2.35. The number of nitrogens with zero attached hydrogens (tertiary/aromatic N) is 1. The predicted octanol–water partition coefficient (Wildman–Crippen LogP) is 3.14. The van der Waals surface area contributed by atoms with Crippen molar-refractivity contribution < 1.29 is 14.3 Å². The van der Waals surface area contributed by atoms with Gasteiger partial charge < -0.3 is 15.0 Å². The quantitative estimate of drug-likeness (QED) is 0.848. The molecule has 0 bridgehead atoms. The number of benzene rings is 1. The zero-order valence-corrected chi connectivity index (χ0v) is 13.2. The molecule has 0 saturated carbocycles. The summed E-state index contributed by atoms with van der Waals surface area (Å²) in [5.74, 6) is -0.518. The molecular weight excluding hydrogens is 315 g/mol. The number of carbonyl (C=O) groups is 2. The Kier molecular flexibility index (Phi) is 4.44. The van der Waals surface area contributed by atoms with Gasteiger partial charge in [-0.1, -0.05) is 29.3 Å². The van der Waals surface area contributed by atoms with Crippen molar-refractivity contribution in [2.24, 2.45) is 0 Å². The molecule has 1 heterocycles. The summed E-state index contributed by atoms with van der Waals surface area (Å²) in [4.78, 5) is 25.4. The number of rotatable bonds is 2. The second-order valence-corrected chi connectivity index (χ2v) is 5.44. The van der Waals surface area contributed by atoms with E-state index in [4.69, 9.17) is 27.9 Å². The first kappa shape index (κ1) is 15.7. The van der Waals surface area contributed by atoms with Crippen LogP contribution in [0, 0.1) is 0 Å². The second-order valence-electron chi connectivity index (χ2n) is 4.60. The second kappa shape index (κ2) is 5.95. The van der Waals surface area contributed by atoms with Crippen LogP contribution in [0.2, 0.25) is 10.0 Å². The molecule has 1 aromatic rings. The highest BCUT2D eigenvalue weighted by molar-refractivity contribution is 6.35. The molecule has 0 fully saturated rings. The molecule has 1 aliphatic rings. The predicted molar refractivity (Wildman–Crippen MR) is 80.2 cm³/mol. The number of esters is 1. The van der Waals surface area contributed by atoms with E-state index in [-0.39, 0.29) is 6.03 Å². The van der Waals surface area contributed by atoms with Crippen LogP contribution in [-0.4, -0.2) is 31.1 Å². The SMILES string of the molecule is COC(=O)C1=C(C)N(C)C(=O)N[C@@H]1c1ccc(Cl)cc1Cl. The van der Waals surface area contributed by atoms with E-state index in [9.17, 15) is 9.59 Å². The molecule has 2 amide bonds. The van der Waals surface area contributed by atoms with Crippen molar-refractivity contribution in [3.05, 3.63) is 45.1 Å². The molecule has 0 spiro atoms. The number of amides is 2. The number of carbonyl (C=O) groups excluding carboxylic acids is 2. The van der Waals surface area contributed by atoms with E-state index in [2.05, 4.69) is 5.32 Å². The van der Waals surface area contributed by atoms with Gasteiger partial charge in [-0.2, -0.15) is 0 Å². The van der Waals surface area contributed by atoms with Gasteiger partial charge in [-0.15, -0.1) is 0 Å². The molecule has 0 aliphatic carbocycles. The minimum Gasteiger partial charge on any atom is -0.466 e. The van der Waals surface area contributed by atoms with E-state index < -0.39 is 12.0 Å². The fraction of sp³-hybridized carbons (Fsp3) is 0.286. The Morgan fingerprint density at radius 3 is 2.62 bits per heavy atom. The molecular formula is C14H14Cl2N2O3. The van der Waals surface area contributed by atoms with E-state index in [1.54, 1.807) is 32.2 Å². The highest BCUT2D eigenvalue weighted by atomic mass is 35.5. The lowest BCUT2D eigenvalue weighted by molar-refractivity contribution is -0.136. The molecule has 0 aromatic heterocycles. The summed E-state index contributed by atoms with van der Waals surface area (Å²) in [6.45, 7) is 1.68. The largest absolute Gasteiger partial charge is 0.466 e. The Hall–Kier alpha value is -1.72. The molecule has 1 atom stereocenters. The number of methoxy groups -OCH3 is 1. The summed E-state index contributed by atoms with van der Waals surface area (Å²) >= 11 is 12.1. The molecule has 7 heteroatoms. The average Bonchev–Trinajstić information content (AvgIpc) is 2.44.